The van der Waals surface area contributed by atoms with Crippen LogP contribution in [0.3, 0.4) is 0 Å². The summed E-state index contributed by atoms with van der Waals surface area (Å²) in [7, 11) is 0. The minimum Gasteiger partial charge on any atom is -0.389 e. The Kier molecular flexibility index (Phi) is 6.52. The monoisotopic (exact) mass is 665 g/mol. The van der Waals surface area contributed by atoms with Crippen LogP contribution >= 0.6 is 0 Å². The molecule has 5 nitrogen and oxygen atoms in total. The van der Waals surface area contributed by atoms with E-state index in [1.807, 2.05) is 12.3 Å². The molecule has 1 unspecified atom stereocenters. The fourth-order valence-electron chi connectivity index (χ4n) is 9.43. The van der Waals surface area contributed by atoms with Crippen molar-refractivity contribution < 1.29 is 0 Å². The highest BCUT2D eigenvalue weighted by atomic mass is 15.2. The first-order chi connectivity index (χ1) is 24.8. The van der Waals surface area contributed by atoms with E-state index in [9.17, 15) is 0 Å². The molecule has 2 aromatic heterocycles. The molecule has 1 atom stereocenters. The number of nitrogens with zero attached hydrogens (tertiary/aromatic N) is 4. The van der Waals surface area contributed by atoms with Crippen molar-refractivity contribution in [3.05, 3.63) is 156 Å². The number of fused-ring (bicyclic) bond motifs is 1. The molecule has 51 heavy (non-hydrogen) atoms. The predicted molar refractivity (Wildman–Crippen MR) is 212 cm³/mol. The summed E-state index contributed by atoms with van der Waals surface area (Å²) in [6.07, 6.45) is 16.0. The zero-order valence-corrected chi connectivity index (χ0v) is 29.8. The van der Waals surface area contributed by atoms with Crippen molar-refractivity contribution in [2.45, 2.75) is 63.8 Å². The molecule has 5 heteroatoms. The van der Waals surface area contributed by atoms with Gasteiger partial charge in [-0.3, -0.25) is 4.90 Å². The van der Waals surface area contributed by atoms with E-state index in [-0.39, 0.29) is 16.9 Å². The van der Waals surface area contributed by atoms with Crippen LogP contribution in [0.2, 0.25) is 0 Å². The van der Waals surface area contributed by atoms with Crippen LogP contribution in [0.15, 0.2) is 133 Å². The topological polar surface area (TPSA) is 36.3 Å². The summed E-state index contributed by atoms with van der Waals surface area (Å²) in [6.45, 7) is 10.6. The van der Waals surface area contributed by atoms with E-state index in [4.69, 9.17) is 4.98 Å². The zero-order chi connectivity index (χ0) is 34.5. The number of para-hydroxylation sites is 2. The number of benzene rings is 4. The third-order valence-electron chi connectivity index (χ3n) is 12.0. The van der Waals surface area contributed by atoms with Crippen molar-refractivity contribution in [3.63, 3.8) is 0 Å². The number of nitrogens with one attached hydrogen (secondary N) is 1. The van der Waals surface area contributed by atoms with Crippen molar-refractivity contribution in [1.82, 2.24) is 14.9 Å². The van der Waals surface area contributed by atoms with E-state index in [0.29, 0.717) is 0 Å². The number of hydrogen-bond acceptors (Lipinski definition) is 4. The van der Waals surface area contributed by atoms with Gasteiger partial charge in [-0.25, -0.2) is 4.98 Å². The lowest BCUT2D eigenvalue weighted by atomic mass is 9.68. The zero-order valence-electron chi connectivity index (χ0n) is 29.8. The number of allylic oxidation sites excluding steroid dienone is 4. The van der Waals surface area contributed by atoms with Crippen molar-refractivity contribution in [2.24, 2.45) is 0 Å². The van der Waals surface area contributed by atoms with Crippen molar-refractivity contribution in [2.75, 3.05) is 16.3 Å². The van der Waals surface area contributed by atoms with E-state index in [2.05, 4.69) is 163 Å². The van der Waals surface area contributed by atoms with Gasteiger partial charge in [-0.05, 0) is 102 Å². The Morgan fingerprint density at radius 2 is 1.43 bits per heavy atom. The van der Waals surface area contributed by atoms with Gasteiger partial charge in [-0.1, -0.05) is 88.4 Å². The number of rotatable bonds is 6. The second-order valence-corrected chi connectivity index (χ2v) is 15.6. The van der Waals surface area contributed by atoms with Crippen LogP contribution in [0.25, 0.3) is 27.5 Å². The Bertz CT molecular complexity index is 2460. The third-order valence-corrected chi connectivity index (χ3v) is 12.0. The highest BCUT2D eigenvalue weighted by molar-refractivity contribution is 6.16. The van der Waals surface area contributed by atoms with E-state index < -0.39 is 0 Å². The molecule has 0 saturated carbocycles. The third kappa shape index (κ3) is 4.30. The molecule has 5 heterocycles. The maximum absolute atomic E-state index is 4.92. The smallest absolute Gasteiger partial charge is 0.137 e. The Balaban J connectivity index is 1.34. The average Bonchev–Trinajstić information content (AvgIpc) is 3.49. The van der Waals surface area contributed by atoms with Gasteiger partial charge in [0.1, 0.15) is 5.82 Å². The lowest BCUT2D eigenvalue weighted by Crippen LogP contribution is -2.40. The lowest BCUT2D eigenvalue weighted by molar-refractivity contribution is 0.589. The molecule has 4 aromatic carbocycles. The number of anilines is 4. The molecule has 4 aliphatic rings. The first kappa shape index (κ1) is 30.3. The number of pyridine rings is 1. The fourth-order valence-corrected chi connectivity index (χ4v) is 9.43. The minimum absolute atomic E-state index is 0.202. The Morgan fingerprint density at radius 3 is 2.08 bits per heavy atom. The maximum atomic E-state index is 4.92. The summed E-state index contributed by atoms with van der Waals surface area (Å²) in [4.78, 5) is 9.89. The van der Waals surface area contributed by atoms with Gasteiger partial charge in [0.05, 0.1) is 22.8 Å². The van der Waals surface area contributed by atoms with Gasteiger partial charge in [-0.2, -0.15) is 0 Å². The molecule has 0 amide bonds. The lowest BCUT2D eigenvalue weighted by Gasteiger charge is -2.43. The largest absolute Gasteiger partial charge is 0.389 e. The van der Waals surface area contributed by atoms with Gasteiger partial charge >= 0.3 is 0 Å². The van der Waals surface area contributed by atoms with E-state index >= 15 is 0 Å². The highest BCUT2D eigenvalue weighted by Crippen LogP contribution is 2.57. The molecule has 3 aliphatic heterocycles. The molecule has 0 saturated heterocycles. The molecule has 10 rings (SSSR count). The predicted octanol–water partition coefficient (Wildman–Crippen LogP) is 10.8. The normalized spacial score (nSPS) is 18.9. The quantitative estimate of drug-likeness (QED) is 0.192. The molecule has 252 valence electrons. The summed E-state index contributed by atoms with van der Waals surface area (Å²) in [5, 5.41) is 6.15. The average molecular weight is 666 g/mol. The summed E-state index contributed by atoms with van der Waals surface area (Å²) in [5.41, 5.74) is 14.0. The number of hydrogen-bond donors (Lipinski definition) is 1. The van der Waals surface area contributed by atoms with Gasteiger partial charge in [-0.15, -0.1) is 0 Å². The number of aromatic nitrogens is 2. The summed E-state index contributed by atoms with van der Waals surface area (Å²) in [6, 6.07) is 34.4. The molecular weight excluding hydrogens is 623 g/mol. The van der Waals surface area contributed by atoms with Crippen LogP contribution in [0.1, 0.15) is 69.2 Å². The van der Waals surface area contributed by atoms with Crippen molar-refractivity contribution in [3.8, 4) is 5.69 Å². The van der Waals surface area contributed by atoms with Crippen molar-refractivity contribution in [1.29, 1.82) is 0 Å². The van der Waals surface area contributed by atoms with Gasteiger partial charge in [0.2, 0.25) is 0 Å². The van der Waals surface area contributed by atoms with Gasteiger partial charge in [0.15, 0.2) is 0 Å². The van der Waals surface area contributed by atoms with Gasteiger partial charge in [0, 0.05) is 57.1 Å². The van der Waals surface area contributed by atoms with Crippen LogP contribution in [-0.4, -0.2) is 22.1 Å². The second kappa shape index (κ2) is 11.0. The molecular formula is C46H43N5. The second-order valence-electron chi connectivity index (χ2n) is 15.6. The van der Waals surface area contributed by atoms with Crippen molar-refractivity contribution >= 4 is 44.7 Å². The molecule has 0 spiro atoms. The molecule has 1 N–H and O–H groups in total. The molecule has 0 fully saturated rings. The Labute approximate surface area is 300 Å². The van der Waals surface area contributed by atoms with E-state index in [1.165, 1.54) is 66.8 Å². The van der Waals surface area contributed by atoms with Gasteiger partial charge < -0.3 is 14.8 Å². The molecule has 0 bridgehead atoms. The molecule has 1 aliphatic carbocycles. The van der Waals surface area contributed by atoms with Crippen LogP contribution in [0, 0.1) is 0 Å². The van der Waals surface area contributed by atoms with Gasteiger partial charge in [0.25, 0.3) is 0 Å². The molecule has 6 aromatic rings. The van der Waals surface area contributed by atoms with E-state index in [1.54, 1.807) is 0 Å². The standard InChI is InChI=1S/C46H43N5/c1-45(2)37-20-13-21-38-44(37)51-42-35(25-33(27-39(42)45)49(30-15-7-5-8-16-30)32-19-14-23-47-29-32)36-26-34(28-40(43(36)51)46(38,3)4)50(31-17-9-6-10-18-31)41-22-11-12-24-48-41/h5-9,11-17,20-28,32,47H,10,18-19,29H2,1-4H3. The summed E-state index contributed by atoms with van der Waals surface area (Å²) in [5.74, 6) is 0.950. The highest BCUT2D eigenvalue weighted by Gasteiger charge is 2.44. The van der Waals surface area contributed by atoms with Crippen LogP contribution in [0.4, 0.5) is 22.9 Å². The first-order valence-electron chi connectivity index (χ1n) is 18.4. The van der Waals surface area contributed by atoms with Crippen LogP contribution in [-0.2, 0) is 10.8 Å². The maximum Gasteiger partial charge on any atom is 0.137 e. The van der Waals surface area contributed by atoms with Crippen LogP contribution < -0.4 is 15.1 Å². The first-order valence-corrected chi connectivity index (χ1v) is 18.4. The fraction of sp³-hybridized carbons (Fsp3) is 0.239. The molecule has 0 radical (unpaired) electrons. The minimum atomic E-state index is -0.215. The Morgan fingerprint density at radius 1 is 0.725 bits per heavy atom. The van der Waals surface area contributed by atoms with Crippen LogP contribution in [0.5, 0.6) is 0 Å². The summed E-state index contributed by atoms with van der Waals surface area (Å²) < 4.78 is 2.63. The van der Waals surface area contributed by atoms with E-state index in [0.717, 1.165) is 37.3 Å². The summed E-state index contributed by atoms with van der Waals surface area (Å²) >= 11 is 0. The SMILES string of the molecule is CC1(C)c2cccc3c2-n2c4c1cc(N(C1=CC=CCC1)c1ccccn1)cc4c1cc(N(c4ccccc4)C4CC=CNC4)cc(c12)C3(C)C. The Hall–Kier alpha value is -5.55.